The van der Waals surface area contributed by atoms with E-state index < -0.39 is 35.6 Å². The molecule has 0 fully saturated rings. The number of nitrogens with one attached hydrogen (secondary N) is 1. The van der Waals surface area contributed by atoms with Gasteiger partial charge >= 0.3 is 5.97 Å². The second kappa shape index (κ2) is 10.1. The molecule has 0 spiro atoms. The van der Waals surface area contributed by atoms with Crippen LogP contribution >= 0.6 is 0 Å². The van der Waals surface area contributed by atoms with Crippen LogP contribution in [0.5, 0.6) is 0 Å². The Hall–Kier alpha value is -3.80. The first-order chi connectivity index (χ1) is 17.2. The molecule has 0 saturated carbocycles. The zero-order valence-corrected chi connectivity index (χ0v) is 20.1. The van der Waals surface area contributed by atoms with Crippen LogP contribution in [0.3, 0.4) is 0 Å². The molecule has 0 saturated heterocycles. The van der Waals surface area contributed by atoms with E-state index >= 15 is 4.39 Å². The molecule has 1 unspecified atom stereocenters. The fourth-order valence-electron chi connectivity index (χ4n) is 5.09. The number of carboxylic acid groups (broad SMARTS) is 1. The number of H-pyrrole nitrogens is 1. The Labute approximate surface area is 206 Å². The van der Waals surface area contributed by atoms with Crippen molar-refractivity contribution in [1.82, 2.24) is 14.8 Å². The van der Waals surface area contributed by atoms with Crippen LogP contribution in [0.15, 0.2) is 36.5 Å². The molecule has 0 aliphatic heterocycles. The number of fused-ring (bicyclic) bond motifs is 2. The number of hydrogen-bond acceptors (Lipinski definition) is 3. The quantitative estimate of drug-likeness (QED) is 0.256. The van der Waals surface area contributed by atoms with Gasteiger partial charge in [-0.25, -0.2) is 8.78 Å². The first-order valence-electron chi connectivity index (χ1n) is 11.8. The van der Waals surface area contributed by atoms with Crippen molar-refractivity contribution in [2.75, 3.05) is 6.67 Å². The van der Waals surface area contributed by atoms with E-state index in [-0.39, 0.29) is 36.6 Å². The van der Waals surface area contributed by atoms with Gasteiger partial charge in [-0.05, 0) is 61.1 Å². The number of carbonyl (C=O) groups is 1. The van der Waals surface area contributed by atoms with Crippen LogP contribution in [-0.4, -0.2) is 32.5 Å². The van der Waals surface area contributed by atoms with Crippen LogP contribution in [0.25, 0.3) is 27.5 Å². The average molecular weight is 497 g/mol. The summed E-state index contributed by atoms with van der Waals surface area (Å²) < 4.78 is 45.1. The molecule has 36 heavy (non-hydrogen) atoms. The molecule has 4 aromatic rings. The summed E-state index contributed by atoms with van der Waals surface area (Å²) in [6, 6.07) is 9.75. The van der Waals surface area contributed by atoms with Crippen molar-refractivity contribution in [2.45, 2.75) is 57.3 Å². The molecule has 2 aromatic carbocycles. The number of rotatable bonds is 10. The molecule has 188 valence electrons. The van der Waals surface area contributed by atoms with Crippen LogP contribution in [0, 0.1) is 23.0 Å². The minimum Gasteiger partial charge on any atom is -0.481 e. The van der Waals surface area contributed by atoms with Gasteiger partial charge in [0.05, 0.1) is 24.5 Å². The van der Waals surface area contributed by atoms with Gasteiger partial charge in [-0.1, -0.05) is 13.8 Å². The number of benzene rings is 2. The van der Waals surface area contributed by atoms with Gasteiger partial charge in [-0.2, -0.15) is 10.4 Å². The molecule has 2 heterocycles. The highest BCUT2D eigenvalue weighted by Crippen LogP contribution is 2.46. The van der Waals surface area contributed by atoms with Gasteiger partial charge < -0.3 is 9.67 Å². The molecule has 0 bridgehead atoms. The lowest BCUT2D eigenvalue weighted by atomic mass is 9.78. The van der Waals surface area contributed by atoms with Crippen molar-refractivity contribution >= 4 is 27.8 Å². The zero-order chi connectivity index (χ0) is 26.0. The molecule has 0 amide bonds. The summed E-state index contributed by atoms with van der Waals surface area (Å²) in [7, 11) is 0. The lowest BCUT2D eigenvalue weighted by Crippen LogP contribution is -2.24. The van der Waals surface area contributed by atoms with E-state index in [1.807, 2.05) is 18.4 Å². The summed E-state index contributed by atoms with van der Waals surface area (Å²) in [5.74, 6) is -2.47. The number of nitriles is 1. The maximum Gasteiger partial charge on any atom is 0.303 e. The van der Waals surface area contributed by atoms with E-state index in [0.717, 1.165) is 0 Å². The van der Waals surface area contributed by atoms with Gasteiger partial charge in [0.25, 0.3) is 0 Å². The molecule has 2 aromatic heterocycles. The topological polar surface area (TPSA) is 94.7 Å². The van der Waals surface area contributed by atoms with Crippen LogP contribution in [0.2, 0.25) is 0 Å². The fourth-order valence-corrected chi connectivity index (χ4v) is 5.09. The number of halogens is 3. The third-order valence-electron chi connectivity index (χ3n) is 6.69. The van der Waals surface area contributed by atoms with Crippen LogP contribution in [-0.2, 0) is 10.2 Å². The van der Waals surface area contributed by atoms with Crippen molar-refractivity contribution in [3.63, 3.8) is 0 Å². The Morgan fingerprint density at radius 1 is 1.25 bits per heavy atom. The highest BCUT2D eigenvalue weighted by molar-refractivity contribution is 6.00. The lowest BCUT2D eigenvalue weighted by molar-refractivity contribution is -0.137. The zero-order valence-electron chi connectivity index (χ0n) is 20.1. The van der Waals surface area contributed by atoms with Crippen molar-refractivity contribution in [3.8, 4) is 11.8 Å². The number of hydrogen-bond donors (Lipinski definition) is 2. The van der Waals surface area contributed by atoms with Crippen LogP contribution < -0.4 is 0 Å². The number of aliphatic carboxylic acids is 1. The largest absolute Gasteiger partial charge is 0.481 e. The maximum atomic E-state index is 16.2. The Kier molecular flexibility index (Phi) is 7.07. The summed E-state index contributed by atoms with van der Waals surface area (Å²) in [5, 5.41) is 26.5. The third-order valence-corrected chi connectivity index (χ3v) is 6.69. The SMILES string of the molecule is CC(C)(CC#N)c1c(C(CCCF)CCC(=O)O)c2c(F)c3[nH]ncc3cc2n1-c1ccc(F)cc1. The second-order valence-electron chi connectivity index (χ2n) is 9.67. The van der Waals surface area contributed by atoms with Crippen molar-refractivity contribution in [1.29, 1.82) is 5.26 Å². The second-order valence-corrected chi connectivity index (χ2v) is 9.67. The van der Waals surface area contributed by atoms with Gasteiger partial charge in [-0.15, -0.1) is 0 Å². The monoisotopic (exact) mass is 496 g/mol. The maximum absolute atomic E-state index is 16.2. The van der Waals surface area contributed by atoms with E-state index in [4.69, 9.17) is 0 Å². The van der Waals surface area contributed by atoms with E-state index in [9.17, 15) is 23.9 Å². The third kappa shape index (κ3) is 4.55. The number of nitrogens with zero attached hydrogens (tertiary/aromatic N) is 3. The number of alkyl halides is 1. The van der Waals surface area contributed by atoms with E-state index in [0.29, 0.717) is 34.3 Å². The normalized spacial score (nSPS) is 12.8. The van der Waals surface area contributed by atoms with Gasteiger partial charge in [0.2, 0.25) is 0 Å². The molecule has 0 aliphatic carbocycles. The fraction of sp³-hybridized carbons (Fsp3) is 0.370. The predicted octanol–water partition coefficient (Wildman–Crippen LogP) is 6.67. The first-order valence-corrected chi connectivity index (χ1v) is 11.8. The molecule has 1 atom stereocenters. The molecule has 0 aliphatic rings. The minimum atomic E-state index is -1.00. The summed E-state index contributed by atoms with van der Waals surface area (Å²) in [4.78, 5) is 11.5. The molecular weight excluding hydrogens is 469 g/mol. The van der Waals surface area contributed by atoms with Crippen molar-refractivity contribution in [2.24, 2.45) is 0 Å². The molecular formula is C27H27F3N4O2. The van der Waals surface area contributed by atoms with Crippen molar-refractivity contribution < 1.29 is 23.1 Å². The Morgan fingerprint density at radius 2 is 1.97 bits per heavy atom. The molecule has 4 rings (SSSR count). The average Bonchev–Trinajstić information content (AvgIpc) is 3.43. The first kappa shape index (κ1) is 25.3. The van der Waals surface area contributed by atoms with E-state index in [2.05, 4.69) is 16.3 Å². The number of carboxylic acids is 1. The Morgan fingerprint density at radius 3 is 2.61 bits per heavy atom. The highest BCUT2D eigenvalue weighted by Gasteiger charge is 2.36. The van der Waals surface area contributed by atoms with Crippen molar-refractivity contribution in [3.05, 3.63) is 59.4 Å². The lowest BCUT2D eigenvalue weighted by Gasteiger charge is -2.29. The number of aromatic nitrogens is 3. The van der Waals surface area contributed by atoms with Gasteiger partial charge in [0.1, 0.15) is 11.3 Å². The molecule has 6 nitrogen and oxygen atoms in total. The van der Waals surface area contributed by atoms with Crippen LogP contribution in [0.4, 0.5) is 13.2 Å². The predicted molar refractivity (Wildman–Crippen MR) is 131 cm³/mol. The highest BCUT2D eigenvalue weighted by atomic mass is 19.1. The molecule has 9 heteroatoms. The van der Waals surface area contributed by atoms with E-state index in [1.54, 1.807) is 18.2 Å². The summed E-state index contributed by atoms with van der Waals surface area (Å²) >= 11 is 0. The van der Waals surface area contributed by atoms with Crippen LogP contribution in [0.1, 0.15) is 63.1 Å². The number of aromatic amines is 1. The summed E-state index contributed by atoms with van der Waals surface area (Å²) in [6.07, 6.45) is 2.08. The van der Waals surface area contributed by atoms with Gasteiger partial charge in [0.15, 0.2) is 5.82 Å². The Bertz CT molecular complexity index is 1450. The minimum absolute atomic E-state index is 0.0906. The summed E-state index contributed by atoms with van der Waals surface area (Å²) in [6.45, 7) is 3.13. The standard InChI is InChI=1S/C27H27F3N4O2/c1-27(2,11-13-31)26-22(16(4-3-12-28)5-10-21(35)36)23-20(14-17-15-32-33-25(17)24(23)30)34(26)19-8-6-18(29)7-9-19/h6-9,14-16H,3-5,10-12H2,1-2H3,(H,32,33)(H,35,36). The van der Waals surface area contributed by atoms with E-state index in [1.165, 1.54) is 18.3 Å². The van der Waals surface area contributed by atoms with Gasteiger partial charge in [0, 0.05) is 40.4 Å². The van der Waals surface area contributed by atoms with Gasteiger partial charge in [-0.3, -0.25) is 14.3 Å². The smallest absolute Gasteiger partial charge is 0.303 e. The molecule has 2 N–H and O–H groups in total. The molecule has 0 radical (unpaired) electrons. The Balaban J connectivity index is 2.17. The summed E-state index contributed by atoms with van der Waals surface area (Å²) in [5.41, 5.74) is 1.64.